The van der Waals surface area contributed by atoms with E-state index in [0.717, 1.165) is 12.8 Å². The van der Waals surface area contributed by atoms with Gasteiger partial charge < -0.3 is 29.9 Å². The van der Waals surface area contributed by atoms with Crippen molar-refractivity contribution in [2.75, 3.05) is 49.7 Å². The van der Waals surface area contributed by atoms with Gasteiger partial charge in [0.05, 0.1) is 32.0 Å². The molecule has 10 heteroatoms. The van der Waals surface area contributed by atoms with Crippen LogP contribution in [0.4, 0.5) is 11.9 Å². The summed E-state index contributed by atoms with van der Waals surface area (Å²) in [5.41, 5.74) is -0.945. The SMILES string of the molecule is CC(CO)(CO)Nc1nc(Cl)nc(N2CCC3(CC2)OCCO3)n1. The molecule has 0 aliphatic carbocycles. The molecular formula is C14H22ClN5O4. The van der Waals surface area contributed by atoms with Gasteiger partial charge in [-0.15, -0.1) is 0 Å². The quantitative estimate of drug-likeness (QED) is 0.669. The third-order valence-corrected chi connectivity index (χ3v) is 4.50. The van der Waals surface area contributed by atoms with Gasteiger partial charge in [-0.1, -0.05) is 0 Å². The molecule has 9 nitrogen and oxygen atoms in total. The van der Waals surface area contributed by atoms with E-state index in [0.29, 0.717) is 32.3 Å². The van der Waals surface area contributed by atoms with Crippen LogP contribution in [0.5, 0.6) is 0 Å². The molecule has 2 fully saturated rings. The average molecular weight is 360 g/mol. The van der Waals surface area contributed by atoms with E-state index in [1.807, 2.05) is 4.90 Å². The first-order chi connectivity index (χ1) is 11.5. The standard InChI is InChI=1S/C14H22ClN5O4/c1-13(8-21,9-22)19-11-16-10(15)17-12(18-11)20-4-2-14(3-5-20)23-6-7-24-14/h21-22H,2-9H2,1H3,(H,16,17,18,19). The average Bonchev–Trinajstić information content (AvgIpc) is 3.03. The zero-order valence-corrected chi connectivity index (χ0v) is 14.3. The summed E-state index contributed by atoms with van der Waals surface area (Å²) < 4.78 is 11.4. The van der Waals surface area contributed by atoms with Crippen LogP contribution in [0.25, 0.3) is 0 Å². The summed E-state index contributed by atoms with van der Waals surface area (Å²) in [6.07, 6.45) is 1.45. The van der Waals surface area contributed by atoms with Crippen molar-refractivity contribution in [3.8, 4) is 0 Å². The molecule has 0 radical (unpaired) electrons. The number of aliphatic hydroxyl groups excluding tert-OH is 2. The summed E-state index contributed by atoms with van der Waals surface area (Å²) in [7, 11) is 0. The van der Waals surface area contributed by atoms with Crippen LogP contribution in [0.2, 0.25) is 5.28 Å². The molecule has 0 atom stereocenters. The minimum atomic E-state index is -0.945. The molecule has 3 rings (SSSR count). The van der Waals surface area contributed by atoms with Gasteiger partial charge in [-0.2, -0.15) is 15.0 Å². The molecule has 2 aliphatic rings. The van der Waals surface area contributed by atoms with Crippen molar-refractivity contribution >= 4 is 23.5 Å². The van der Waals surface area contributed by atoms with Crippen molar-refractivity contribution in [1.29, 1.82) is 0 Å². The molecule has 0 aromatic carbocycles. The van der Waals surface area contributed by atoms with Crippen LogP contribution in [0.1, 0.15) is 19.8 Å². The number of nitrogens with one attached hydrogen (secondary N) is 1. The number of anilines is 2. The van der Waals surface area contributed by atoms with Gasteiger partial charge in [0, 0.05) is 25.9 Å². The van der Waals surface area contributed by atoms with Crippen LogP contribution < -0.4 is 10.2 Å². The number of ether oxygens (including phenoxy) is 2. The van der Waals surface area contributed by atoms with Crippen molar-refractivity contribution < 1.29 is 19.7 Å². The largest absolute Gasteiger partial charge is 0.394 e. The van der Waals surface area contributed by atoms with Gasteiger partial charge in [0.2, 0.25) is 17.2 Å². The molecule has 0 amide bonds. The molecule has 3 N–H and O–H groups in total. The molecule has 0 unspecified atom stereocenters. The molecule has 2 aliphatic heterocycles. The monoisotopic (exact) mass is 359 g/mol. The van der Waals surface area contributed by atoms with Crippen LogP contribution in [-0.4, -0.2) is 76.0 Å². The van der Waals surface area contributed by atoms with Gasteiger partial charge in [0.15, 0.2) is 5.79 Å². The van der Waals surface area contributed by atoms with Gasteiger partial charge in [-0.25, -0.2) is 0 Å². The first-order valence-corrected chi connectivity index (χ1v) is 8.30. The lowest BCUT2D eigenvalue weighted by atomic mass is 10.0. The van der Waals surface area contributed by atoms with E-state index in [-0.39, 0.29) is 24.4 Å². The lowest BCUT2D eigenvalue weighted by molar-refractivity contribution is -0.169. The fourth-order valence-corrected chi connectivity index (χ4v) is 2.92. The van der Waals surface area contributed by atoms with Crippen molar-refractivity contribution in [3.63, 3.8) is 0 Å². The molecule has 0 saturated carbocycles. The molecule has 3 heterocycles. The Morgan fingerprint density at radius 3 is 2.38 bits per heavy atom. The Balaban J connectivity index is 1.72. The maximum atomic E-state index is 9.39. The number of nitrogens with zero attached hydrogens (tertiary/aromatic N) is 4. The highest BCUT2D eigenvalue weighted by Gasteiger charge is 2.40. The Labute approximate surface area is 145 Å². The lowest BCUT2D eigenvalue weighted by Crippen LogP contribution is -2.46. The first-order valence-electron chi connectivity index (χ1n) is 7.92. The minimum absolute atomic E-state index is 0.0504. The predicted octanol–water partition coefficient (Wildman–Crippen LogP) is 0.0235. The number of aromatic nitrogens is 3. The van der Waals surface area contributed by atoms with Crippen LogP contribution in [0.3, 0.4) is 0 Å². The van der Waals surface area contributed by atoms with E-state index in [2.05, 4.69) is 20.3 Å². The van der Waals surface area contributed by atoms with E-state index < -0.39 is 11.3 Å². The highest BCUT2D eigenvalue weighted by atomic mass is 35.5. The molecule has 1 aromatic heterocycles. The van der Waals surface area contributed by atoms with Gasteiger partial charge in [-0.05, 0) is 18.5 Å². The Hall–Kier alpha value is -1.26. The number of halogens is 1. The Morgan fingerprint density at radius 1 is 1.17 bits per heavy atom. The summed E-state index contributed by atoms with van der Waals surface area (Å²) in [4.78, 5) is 14.5. The summed E-state index contributed by atoms with van der Waals surface area (Å²) in [6, 6.07) is 0. The topological polar surface area (TPSA) is 113 Å². The summed E-state index contributed by atoms with van der Waals surface area (Å²) in [5, 5.41) is 21.7. The van der Waals surface area contributed by atoms with E-state index in [1.54, 1.807) is 6.92 Å². The van der Waals surface area contributed by atoms with Gasteiger partial charge >= 0.3 is 0 Å². The van der Waals surface area contributed by atoms with Crippen LogP contribution >= 0.6 is 11.6 Å². The fourth-order valence-electron chi connectivity index (χ4n) is 2.77. The molecule has 1 spiro atoms. The van der Waals surface area contributed by atoms with Crippen LogP contribution in [-0.2, 0) is 9.47 Å². The number of rotatable bonds is 5. The van der Waals surface area contributed by atoms with Gasteiger partial charge in [0.1, 0.15) is 0 Å². The molecule has 24 heavy (non-hydrogen) atoms. The van der Waals surface area contributed by atoms with E-state index in [1.165, 1.54) is 0 Å². The molecule has 134 valence electrons. The number of hydrogen-bond acceptors (Lipinski definition) is 9. The molecule has 0 bridgehead atoms. The third kappa shape index (κ3) is 3.70. The van der Waals surface area contributed by atoms with Gasteiger partial charge in [-0.3, -0.25) is 0 Å². The smallest absolute Gasteiger partial charge is 0.231 e. The zero-order chi connectivity index (χ0) is 17.2. The zero-order valence-electron chi connectivity index (χ0n) is 13.5. The van der Waals surface area contributed by atoms with Crippen LogP contribution in [0, 0.1) is 0 Å². The number of hydrogen-bond donors (Lipinski definition) is 3. The van der Waals surface area contributed by atoms with E-state index in [9.17, 15) is 10.2 Å². The molecule has 1 aromatic rings. The van der Waals surface area contributed by atoms with Crippen LogP contribution in [0.15, 0.2) is 0 Å². The second kappa shape index (κ2) is 6.93. The molecule has 2 saturated heterocycles. The first kappa shape index (κ1) is 17.6. The summed E-state index contributed by atoms with van der Waals surface area (Å²) in [6.45, 7) is 3.73. The maximum Gasteiger partial charge on any atom is 0.231 e. The maximum absolute atomic E-state index is 9.39. The minimum Gasteiger partial charge on any atom is -0.394 e. The Kier molecular flexibility index (Phi) is 5.07. The van der Waals surface area contributed by atoms with Crippen molar-refractivity contribution in [1.82, 2.24) is 15.0 Å². The lowest BCUT2D eigenvalue weighted by Gasteiger charge is -2.37. The fraction of sp³-hybridized carbons (Fsp3) is 0.786. The predicted molar refractivity (Wildman–Crippen MR) is 87.1 cm³/mol. The highest BCUT2D eigenvalue weighted by molar-refractivity contribution is 6.28. The van der Waals surface area contributed by atoms with E-state index >= 15 is 0 Å². The highest BCUT2D eigenvalue weighted by Crippen LogP contribution is 2.32. The molecular weight excluding hydrogens is 338 g/mol. The third-order valence-electron chi connectivity index (χ3n) is 4.33. The number of aliphatic hydroxyl groups is 2. The van der Waals surface area contributed by atoms with Crippen molar-refractivity contribution in [2.45, 2.75) is 31.1 Å². The summed E-state index contributed by atoms with van der Waals surface area (Å²) in [5.74, 6) is 0.189. The Morgan fingerprint density at radius 2 is 1.79 bits per heavy atom. The van der Waals surface area contributed by atoms with Crippen molar-refractivity contribution in [3.05, 3.63) is 5.28 Å². The second-order valence-corrected chi connectivity index (χ2v) is 6.66. The van der Waals surface area contributed by atoms with E-state index in [4.69, 9.17) is 21.1 Å². The second-order valence-electron chi connectivity index (χ2n) is 6.32. The normalized spacial score (nSPS) is 20.6. The van der Waals surface area contributed by atoms with Gasteiger partial charge in [0.25, 0.3) is 0 Å². The van der Waals surface area contributed by atoms with Crippen molar-refractivity contribution in [2.24, 2.45) is 0 Å². The Bertz CT molecular complexity index is 570. The number of piperidine rings is 1. The summed E-state index contributed by atoms with van der Waals surface area (Å²) >= 11 is 6.00.